The third-order valence-corrected chi connectivity index (χ3v) is 4.32. The van der Waals surface area contributed by atoms with Gasteiger partial charge in [-0.2, -0.15) is 0 Å². The van der Waals surface area contributed by atoms with Crippen LogP contribution in [0.25, 0.3) is 10.2 Å². The zero-order chi connectivity index (χ0) is 17.6. The number of aromatic nitrogens is 1. The number of benzene rings is 2. The fraction of sp³-hybridized carbons (Fsp3) is 0.125. The normalized spacial score (nSPS) is 11.1. The van der Waals surface area contributed by atoms with E-state index in [9.17, 15) is 22.4 Å². The number of aryl methyl sites for hydroxylation is 2. The van der Waals surface area contributed by atoms with Crippen LogP contribution in [0.5, 0.6) is 0 Å². The maximum Gasteiger partial charge on any atom is 0.260 e. The van der Waals surface area contributed by atoms with Crippen molar-refractivity contribution in [1.29, 1.82) is 0 Å². The van der Waals surface area contributed by atoms with E-state index in [4.69, 9.17) is 0 Å². The zero-order valence-electron chi connectivity index (χ0n) is 12.5. The molecule has 1 heterocycles. The number of halogens is 4. The second-order valence-electron chi connectivity index (χ2n) is 5.25. The van der Waals surface area contributed by atoms with E-state index in [1.54, 1.807) is 0 Å². The van der Waals surface area contributed by atoms with Crippen LogP contribution in [0.2, 0.25) is 0 Å². The lowest BCUT2D eigenvalue weighted by atomic mass is 10.1. The highest BCUT2D eigenvalue weighted by atomic mass is 32.1. The molecule has 124 valence electrons. The van der Waals surface area contributed by atoms with E-state index in [2.05, 4.69) is 10.3 Å². The standard InChI is InChI=1S/C16H10F4N2OS/c1-6-3-7(2)14-10(4-6)24-16(21-14)22-15(23)8-5-9(17)12(19)13(20)11(8)18/h3-5H,1-2H3,(H,21,22,23). The lowest BCUT2D eigenvalue weighted by Crippen LogP contribution is -2.16. The Morgan fingerprint density at radius 1 is 1.04 bits per heavy atom. The number of carbonyl (C=O) groups excluding carboxylic acids is 1. The molecule has 1 amide bonds. The summed E-state index contributed by atoms with van der Waals surface area (Å²) in [7, 11) is 0. The number of thiazole rings is 1. The molecular formula is C16H10F4N2OS. The van der Waals surface area contributed by atoms with Crippen molar-refractivity contribution in [2.75, 3.05) is 5.32 Å². The van der Waals surface area contributed by atoms with Gasteiger partial charge in [0.05, 0.1) is 15.8 Å². The van der Waals surface area contributed by atoms with Gasteiger partial charge in [-0.3, -0.25) is 10.1 Å². The van der Waals surface area contributed by atoms with Gasteiger partial charge in [0.1, 0.15) is 0 Å². The number of hydrogen-bond donors (Lipinski definition) is 1. The van der Waals surface area contributed by atoms with Crippen LogP contribution in [0.1, 0.15) is 21.5 Å². The minimum Gasteiger partial charge on any atom is -0.298 e. The Bertz CT molecular complexity index is 984. The van der Waals surface area contributed by atoms with Gasteiger partial charge in [0.15, 0.2) is 28.4 Å². The summed E-state index contributed by atoms with van der Waals surface area (Å²) in [6.45, 7) is 3.76. The highest BCUT2D eigenvalue weighted by molar-refractivity contribution is 7.22. The minimum atomic E-state index is -2.03. The Kier molecular flexibility index (Phi) is 4.00. The minimum absolute atomic E-state index is 0.147. The summed E-state index contributed by atoms with van der Waals surface area (Å²) in [5.74, 6) is -8.50. The average Bonchev–Trinajstić information content (AvgIpc) is 2.91. The number of anilines is 1. The molecule has 0 aliphatic rings. The molecule has 0 saturated heterocycles. The Morgan fingerprint density at radius 2 is 1.75 bits per heavy atom. The lowest BCUT2D eigenvalue weighted by molar-refractivity contribution is 0.102. The van der Waals surface area contributed by atoms with Crippen LogP contribution in [-0.4, -0.2) is 10.9 Å². The molecule has 1 aromatic heterocycles. The van der Waals surface area contributed by atoms with Gasteiger partial charge in [-0.15, -0.1) is 0 Å². The molecule has 3 aromatic rings. The van der Waals surface area contributed by atoms with Crippen molar-refractivity contribution in [3.8, 4) is 0 Å². The SMILES string of the molecule is Cc1cc(C)c2nc(NC(=O)c3cc(F)c(F)c(F)c3F)sc2c1. The first-order chi connectivity index (χ1) is 11.3. The fourth-order valence-corrected chi connectivity index (χ4v) is 3.36. The third kappa shape index (κ3) is 2.73. The van der Waals surface area contributed by atoms with Crippen LogP contribution in [0.15, 0.2) is 18.2 Å². The molecule has 0 atom stereocenters. The van der Waals surface area contributed by atoms with Gasteiger partial charge in [0.2, 0.25) is 0 Å². The molecule has 1 N–H and O–H groups in total. The zero-order valence-corrected chi connectivity index (χ0v) is 13.3. The first-order valence-corrected chi connectivity index (χ1v) is 7.61. The molecule has 8 heteroatoms. The number of fused-ring (bicyclic) bond motifs is 1. The molecule has 0 spiro atoms. The smallest absolute Gasteiger partial charge is 0.260 e. The molecule has 0 fully saturated rings. The molecule has 0 bridgehead atoms. The molecule has 0 radical (unpaired) electrons. The van der Waals surface area contributed by atoms with Crippen molar-refractivity contribution >= 4 is 32.6 Å². The third-order valence-electron chi connectivity index (χ3n) is 3.40. The van der Waals surface area contributed by atoms with E-state index >= 15 is 0 Å². The number of nitrogens with zero attached hydrogens (tertiary/aromatic N) is 1. The van der Waals surface area contributed by atoms with Gasteiger partial charge in [-0.25, -0.2) is 22.5 Å². The molecule has 3 rings (SSSR count). The van der Waals surface area contributed by atoms with Gasteiger partial charge in [-0.1, -0.05) is 17.4 Å². The van der Waals surface area contributed by atoms with Crippen LogP contribution in [0, 0.1) is 37.1 Å². The van der Waals surface area contributed by atoms with E-state index in [0.717, 1.165) is 27.2 Å². The molecule has 0 saturated carbocycles. The van der Waals surface area contributed by atoms with Crippen molar-refractivity contribution in [2.24, 2.45) is 0 Å². The molecule has 2 aromatic carbocycles. The van der Waals surface area contributed by atoms with Crippen molar-refractivity contribution in [3.05, 3.63) is 58.2 Å². The van der Waals surface area contributed by atoms with Crippen LogP contribution in [-0.2, 0) is 0 Å². The van der Waals surface area contributed by atoms with Gasteiger partial charge >= 0.3 is 0 Å². The Hall–Kier alpha value is -2.48. The first kappa shape index (κ1) is 16.4. The monoisotopic (exact) mass is 354 g/mol. The summed E-state index contributed by atoms with van der Waals surface area (Å²) >= 11 is 1.14. The molecule has 0 aliphatic carbocycles. The second-order valence-corrected chi connectivity index (χ2v) is 6.28. The lowest BCUT2D eigenvalue weighted by Gasteiger charge is -2.05. The maximum atomic E-state index is 13.7. The molecule has 24 heavy (non-hydrogen) atoms. The van der Waals surface area contributed by atoms with Crippen LogP contribution in [0.4, 0.5) is 22.7 Å². The van der Waals surface area contributed by atoms with E-state index < -0.39 is 34.7 Å². The highest BCUT2D eigenvalue weighted by Gasteiger charge is 2.23. The van der Waals surface area contributed by atoms with Crippen molar-refractivity contribution in [3.63, 3.8) is 0 Å². The van der Waals surface area contributed by atoms with E-state index in [-0.39, 0.29) is 5.13 Å². The predicted octanol–water partition coefficient (Wildman–Crippen LogP) is 4.72. The molecule has 3 nitrogen and oxygen atoms in total. The van der Waals surface area contributed by atoms with Gasteiger partial charge in [-0.05, 0) is 37.1 Å². The number of nitrogens with one attached hydrogen (secondary N) is 1. The van der Waals surface area contributed by atoms with E-state index in [1.807, 2.05) is 26.0 Å². The van der Waals surface area contributed by atoms with Crippen molar-refractivity contribution in [2.45, 2.75) is 13.8 Å². The summed E-state index contributed by atoms with van der Waals surface area (Å²) in [6.07, 6.45) is 0. The van der Waals surface area contributed by atoms with Gasteiger partial charge in [0, 0.05) is 0 Å². The molecule has 0 aliphatic heterocycles. The van der Waals surface area contributed by atoms with Gasteiger partial charge in [0.25, 0.3) is 5.91 Å². The maximum absolute atomic E-state index is 13.7. The van der Waals surface area contributed by atoms with E-state index in [0.29, 0.717) is 11.6 Å². The second kappa shape index (κ2) is 5.86. The average molecular weight is 354 g/mol. The molecule has 0 unspecified atom stereocenters. The largest absolute Gasteiger partial charge is 0.298 e. The Labute approximate surface area is 137 Å². The van der Waals surface area contributed by atoms with Gasteiger partial charge < -0.3 is 0 Å². The number of hydrogen-bond acceptors (Lipinski definition) is 3. The van der Waals surface area contributed by atoms with Crippen LogP contribution in [0.3, 0.4) is 0 Å². The number of carbonyl (C=O) groups is 1. The quantitative estimate of drug-likeness (QED) is 0.411. The summed E-state index contributed by atoms with van der Waals surface area (Å²) in [5.41, 5.74) is 1.64. The summed E-state index contributed by atoms with van der Waals surface area (Å²) in [5, 5.41) is 2.43. The van der Waals surface area contributed by atoms with Crippen LogP contribution < -0.4 is 5.32 Å². The summed E-state index contributed by atoms with van der Waals surface area (Å²) < 4.78 is 53.9. The Balaban J connectivity index is 1.97. The number of rotatable bonds is 2. The van der Waals surface area contributed by atoms with Crippen molar-refractivity contribution in [1.82, 2.24) is 4.98 Å². The Morgan fingerprint density at radius 3 is 2.46 bits per heavy atom. The predicted molar refractivity (Wildman–Crippen MR) is 83.3 cm³/mol. The first-order valence-electron chi connectivity index (χ1n) is 6.80. The van der Waals surface area contributed by atoms with E-state index in [1.165, 1.54) is 0 Å². The van der Waals surface area contributed by atoms with Crippen molar-refractivity contribution < 1.29 is 22.4 Å². The summed E-state index contributed by atoms with van der Waals surface area (Å²) in [4.78, 5) is 16.3. The summed E-state index contributed by atoms with van der Waals surface area (Å²) in [6, 6.07) is 4.09. The topological polar surface area (TPSA) is 42.0 Å². The highest BCUT2D eigenvalue weighted by Crippen LogP contribution is 2.30. The van der Waals surface area contributed by atoms with Crippen LogP contribution >= 0.6 is 11.3 Å². The fourth-order valence-electron chi connectivity index (χ4n) is 2.33. The number of amides is 1. The molecular weight excluding hydrogens is 344 g/mol.